The average Bonchev–Trinajstić information content (AvgIpc) is 3.19. The number of imidazole rings is 1. The van der Waals surface area contributed by atoms with Gasteiger partial charge >= 0.3 is 0 Å². The zero-order valence-electron chi connectivity index (χ0n) is 14.5. The molecule has 2 heterocycles. The molecule has 2 N–H and O–H groups in total. The third-order valence-electron chi connectivity index (χ3n) is 5.24. The molecule has 0 radical (unpaired) electrons. The maximum Gasteiger partial charge on any atom is 0.0955 e. The summed E-state index contributed by atoms with van der Waals surface area (Å²) in [6.07, 6.45) is 1.88. The molecule has 4 rings (SSSR count). The topological polar surface area (TPSA) is 47.1 Å². The Bertz CT molecular complexity index is 830. The summed E-state index contributed by atoms with van der Waals surface area (Å²) in [5.74, 6) is 1.07. The molecule has 1 aromatic heterocycles. The van der Waals surface area contributed by atoms with Gasteiger partial charge in [-0.25, -0.2) is 4.98 Å². The van der Waals surface area contributed by atoms with E-state index in [0.717, 1.165) is 31.7 Å². The lowest BCUT2D eigenvalue weighted by molar-refractivity contribution is 0.317. The van der Waals surface area contributed by atoms with Crippen molar-refractivity contribution < 1.29 is 0 Å². The Morgan fingerprint density at radius 3 is 2.68 bits per heavy atom. The van der Waals surface area contributed by atoms with Crippen LogP contribution in [0.3, 0.4) is 0 Å². The van der Waals surface area contributed by atoms with Crippen molar-refractivity contribution in [3.8, 4) is 0 Å². The summed E-state index contributed by atoms with van der Waals surface area (Å²) in [5.41, 5.74) is 11.0. The fraction of sp³-hybridized carbons (Fsp3) is 0.350. The molecule has 1 fully saturated rings. The van der Waals surface area contributed by atoms with Gasteiger partial charge in [0.05, 0.1) is 17.4 Å². The van der Waals surface area contributed by atoms with Gasteiger partial charge in [-0.05, 0) is 35.7 Å². The second kappa shape index (κ2) is 7.56. The molecule has 2 aromatic carbocycles. The van der Waals surface area contributed by atoms with Crippen LogP contribution in [0.5, 0.6) is 0 Å². The van der Waals surface area contributed by atoms with Crippen molar-refractivity contribution in [1.29, 1.82) is 0 Å². The number of likely N-dealkylation sites (tertiary alicyclic amines) is 1. The smallest absolute Gasteiger partial charge is 0.0955 e. The van der Waals surface area contributed by atoms with Crippen LogP contribution in [0.4, 0.5) is 0 Å². The highest BCUT2D eigenvalue weighted by atomic mass is 35.5. The molecule has 132 valence electrons. The molecule has 0 bridgehead atoms. The maximum atomic E-state index is 6.05. The summed E-state index contributed by atoms with van der Waals surface area (Å²) < 4.78 is 2.06. The van der Waals surface area contributed by atoms with Crippen molar-refractivity contribution >= 4 is 23.4 Å². The van der Waals surface area contributed by atoms with Gasteiger partial charge in [0.2, 0.25) is 0 Å². The van der Waals surface area contributed by atoms with Gasteiger partial charge in [0.15, 0.2) is 0 Å². The van der Waals surface area contributed by atoms with Crippen LogP contribution >= 0.6 is 12.4 Å². The highest BCUT2D eigenvalue weighted by Crippen LogP contribution is 2.33. The molecule has 0 aliphatic carbocycles. The first-order valence-electron chi connectivity index (χ1n) is 8.62. The van der Waals surface area contributed by atoms with E-state index in [4.69, 9.17) is 5.73 Å². The number of hydrogen-bond donors (Lipinski definition) is 1. The van der Waals surface area contributed by atoms with Crippen LogP contribution in [0.2, 0.25) is 0 Å². The standard InChI is InChI=1S/C20H24N4.ClH/c1-23-14-22-19-9-15(7-8-20(19)23)11-24-12-17(10-21)18(13-24)16-5-3-2-4-6-16;/h2-9,14,17-18H,10-13,21H2,1H3;1H/t17-,18+;/m1./s1. The number of rotatable bonds is 4. The first-order valence-corrected chi connectivity index (χ1v) is 8.62. The van der Waals surface area contributed by atoms with E-state index in [-0.39, 0.29) is 12.4 Å². The van der Waals surface area contributed by atoms with E-state index in [1.54, 1.807) is 0 Å². The first kappa shape index (κ1) is 17.9. The van der Waals surface area contributed by atoms with Crippen molar-refractivity contribution in [2.24, 2.45) is 18.7 Å². The molecule has 1 aliphatic heterocycles. The third-order valence-corrected chi connectivity index (χ3v) is 5.24. The van der Waals surface area contributed by atoms with Crippen molar-refractivity contribution in [3.05, 3.63) is 66.0 Å². The number of nitrogens with two attached hydrogens (primary N) is 1. The van der Waals surface area contributed by atoms with E-state index in [1.165, 1.54) is 16.6 Å². The number of benzene rings is 2. The van der Waals surface area contributed by atoms with E-state index >= 15 is 0 Å². The van der Waals surface area contributed by atoms with Crippen LogP contribution in [0, 0.1) is 5.92 Å². The van der Waals surface area contributed by atoms with Gasteiger partial charge in [0, 0.05) is 32.6 Å². The first-order chi connectivity index (χ1) is 11.7. The van der Waals surface area contributed by atoms with Gasteiger partial charge in [0.1, 0.15) is 0 Å². The highest BCUT2D eigenvalue weighted by molar-refractivity contribution is 5.85. The number of halogens is 1. The Morgan fingerprint density at radius 1 is 1.12 bits per heavy atom. The van der Waals surface area contributed by atoms with Gasteiger partial charge in [-0.1, -0.05) is 36.4 Å². The third kappa shape index (κ3) is 3.56. The van der Waals surface area contributed by atoms with Crippen LogP contribution in [0.15, 0.2) is 54.9 Å². The number of hydrogen-bond acceptors (Lipinski definition) is 3. The number of fused-ring (bicyclic) bond motifs is 1. The van der Waals surface area contributed by atoms with Crippen LogP contribution in [-0.4, -0.2) is 34.1 Å². The van der Waals surface area contributed by atoms with Crippen LogP contribution in [-0.2, 0) is 13.6 Å². The van der Waals surface area contributed by atoms with Crippen molar-refractivity contribution in [2.75, 3.05) is 19.6 Å². The molecule has 0 saturated carbocycles. The molecule has 1 saturated heterocycles. The minimum Gasteiger partial charge on any atom is -0.334 e. The van der Waals surface area contributed by atoms with Crippen molar-refractivity contribution in [1.82, 2.24) is 14.5 Å². The van der Waals surface area contributed by atoms with E-state index in [9.17, 15) is 0 Å². The summed E-state index contributed by atoms with van der Waals surface area (Å²) in [4.78, 5) is 7.00. The summed E-state index contributed by atoms with van der Waals surface area (Å²) >= 11 is 0. The van der Waals surface area contributed by atoms with Crippen molar-refractivity contribution in [2.45, 2.75) is 12.5 Å². The van der Waals surface area contributed by atoms with Gasteiger partial charge in [0.25, 0.3) is 0 Å². The molecule has 0 amide bonds. The van der Waals surface area contributed by atoms with E-state index in [0.29, 0.717) is 11.8 Å². The second-order valence-corrected chi connectivity index (χ2v) is 6.89. The minimum atomic E-state index is 0. The molecule has 2 atom stereocenters. The zero-order valence-corrected chi connectivity index (χ0v) is 15.3. The molecular formula is C20H25ClN4. The van der Waals surface area contributed by atoms with E-state index in [1.807, 2.05) is 13.4 Å². The molecule has 3 aromatic rings. The lowest BCUT2D eigenvalue weighted by atomic mass is 9.89. The van der Waals surface area contributed by atoms with E-state index < -0.39 is 0 Å². The van der Waals surface area contributed by atoms with Gasteiger partial charge in [-0.15, -0.1) is 12.4 Å². The highest BCUT2D eigenvalue weighted by Gasteiger charge is 2.32. The largest absolute Gasteiger partial charge is 0.334 e. The lowest BCUT2D eigenvalue weighted by Crippen LogP contribution is -2.23. The SMILES string of the molecule is Cl.Cn1cnc2cc(CN3C[C@@H](CN)[C@H](c4ccccc4)C3)ccc21. The van der Waals surface area contributed by atoms with Crippen LogP contribution < -0.4 is 5.73 Å². The summed E-state index contributed by atoms with van der Waals surface area (Å²) in [6, 6.07) is 17.4. The van der Waals surface area contributed by atoms with Crippen LogP contribution in [0.25, 0.3) is 11.0 Å². The average molecular weight is 357 g/mol. The van der Waals surface area contributed by atoms with Crippen LogP contribution in [0.1, 0.15) is 17.0 Å². The maximum absolute atomic E-state index is 6.05. The van der Waals surface area contributed by atoms with Gasteiger partial charge < -0.3 is 10.3 Å². The number of aryl methyl sites for hydroxylation is 1. The molecule has 25 heavy (non-hydrogen) atoms. The predicted octanol–water partition coefficient (Wildman–Crippen LogP) is 3.17. The molecule has 0 spiro atoms. The normalized spacial score (nSPS) is 20.7. The van der Waals surface area contributed by atoms with Gasteiger partial charge in [-0.3, -0.25) is 4.90 Å². The lowest BCUT2D eigenvalue weighted by Gasteiger charge is -2.17. The van der Waals surface area contributed by atoms with Gasteiger partial charge in [-0.2, -0.15) is 0 Å². The Hall–Kier alpha value is -1.88. The molecule has 1 aliphatic rings. The Labute approximate surface area is 155 Å². The Morgan fingerprint density at radius 2 is 1.92 bits per heavy atom. The summed E-state index contributed by atoms with van der Waals surface area (Å²) in [5, 5.41) is 0. The predicted molar refractivity (Wildman–Crippen MR) is 105 cm³/mol. The fourth-order valence-electron chi connectivity index (χ4n) is 3.94. The quantitative estimate of drug-likeness (QED) is 0.781. The summed E-state index contributed by atoms with van der Waals surface area (Å²) in [6.45, 7) is 3.85. The minimum absolute atomic E-state index is 0. The summed E-state index contributed by atoms with van der Waals surface area (Å²) in [7, 11) is 2.03. The molecule has 5 heteroatoms. The van der Waals surface area contributed by atoms with E-state index in [2.05, 4.69) is 63.0 Å². The van der Waals surface area contributed by atoms with Crippen molar-refractivity contribution in [3.63, 3.8) is 0 Å². The fourth-order valence-corrected chi connectivity index (χ4v) is 3.94. The zero-order chi connectivity index (χ0) is 16.5. The number of nitrogens with zero attached hydrogens (tertiary/aromatic N) is 3. The molecule has 0 unspecified atom stereocenters. The number of aromatic nitrogens is 2. The molecular weight excluding hydrogens is 332 g/mol. The second-order valence-electron chi connectivity index (χ2n) is 6.89. The molecule has 4 nitrogen and oxygen atoms in total. The Kier molecular flexibility index (Phi) is 5.42. The Balaban J connectivity index is 0.00000182. The monoisotopic (exact) mass is 356 g/mol.